The van der Waals surface area contributed by atoms with Crippen molar-refractivity contribution in [1.82, 2.24) is 24.1 Å². The first-order valence-electron chi connectivity index (χ1n) is 32.1. The van der Waals surface area contributed by atoms with Gasteiger partial charge in [-0.15, -0.1) is 0 Å². The second-order valence-corrected chi connectivity index (χ2v) is 24.1. The van der Waals surface area contributed by atoms with E-state index < -0.39 is 0 Å². The Morgan fingerprint density at radius 3 is 1.10 bits per heavy atom. The molecule has 18 nitrogen and oxygen atoms in total. The number of nitriles is 7. The summed E-state index contributed by atoms with van der Waals surface area (Å²) >= 11 is 0. The Bertz CT molecular complexity index is 6560. The van der Waals surface area contributed by atoms with Crippen LogP contribution in [0.5, 0.6) is 0 Å². The molecule has 3 heterocycles. The Morgan fingerprint density at radius 1 is 0.274 bits per heavy atom. The molecule has 0 radical (unpaired) electrons. The summed E-state index contributed by atoms with van der Waals surface area (Å²) in [4.78, 5) is 37.8. The average molecular weight is 1350 g/mol. The predicted octanol–water partition coefficient (Wildman–Crippen LogP) is 21.8. The predicted molar refractivity (Wildman–Crippen MR) is 403 cm³/mol. The summed E-state index contributed by atoms with van der Waals surface area (Å²) in [6.07, 6.45) is 0. The van der Waals surface area contributed by atoms with Crippen LogP contribution in [0.15, 0.2) is 218 Å². The minimum Gasteiger partial charge on any atom is -0.308 e. The fourth-order valence-electron chi connectivity index (χ4n) is 13.9. The molecule has 15 aromatic rings. The molecule has 0 N–H and O–H groups in total. The molecule has 0 amide bonds. The van der Waals surface area contributed by atoms with Crippen molar-refractivity contribution < 1.29 is 0 Å². The van der Waals surface area contributed by atoms with E-state index in [2.05, 4.69) is 65.5 Å². The van der Waals surface area contributed by atoms with E-state index in [0.29, 0.717) is 139 Å². The maximum atomic E-state index is 11.9. The Hall–Kier alpha value is -17.4. The SMILES string of the molecule is [C-]#[N+]c1cc(C#N)c(-c2ccc3c(c2)c2cc(-c4c(C#N)cc(C#N)cc4[N+]#[C-])ccc2n3-c2cccc(-c3ccc(-c4nc(-c5ccccc5)nc(-c5ccccc5)n4)c(-n4c5ccc(-c6c(C#N)cc([N+]#[C-])cc6[N+]#[C-])cc5c5cc(-c6c([N+]#[C-])cc(C#N)cc6[N+]#[C-])ccc54)c3)c2C#N)c(C#N)c1. The first-order chi connectivity index (χ1) is 51.9. The molecule has 106 heavy (non-hydrogen) atoms. The van der Waals surface area contributed by atoms with Crippen molar-refractivity contribution in [2.24, 2.45) is 0 Å². The molecule has 0 atom stereocenters. The molecule has 12 aromatic carbocycles. The standard InChI is InChI=1S/C88H36N18/c1-96-63-34-60(46-92)82(61(35-63)47-93)55-21-26-77-67(37-55)68-38-56(83-59(45-91)30-50(43-89)31-72(83)98-3)22-27-78(68)105(77)76-19-13-18-65(71(76)49-95)54-20-25-66(88-103-86(52-14-9-7-10-15-52)102-87(104-88)53-16-11-8-12-17-53)81(41-54)106-79-28-23-57(84-62(48-94)36-64(97-2)42-75(84)101-6)39-69(79)70-40-58(24-29-80(70)106)85-73(99-4)32-51(44-90)33-74(85)100-5/h7-42H. The van der Waals surface area contributed by atoms with Crippen LogP contribution in [0, 0.1) is 119 Å². The van der Waals surface area contributed by atoms with E-state index in [1.54, 1.807) is 24.3 Å². The summed E-state index contributed by atoms with van der Waals surface area (Å²) in [5, 5.41) is 76.5. The molecule has 0 fully saturated rings. The van der Waals surface area contributed by atoms with Gasteiger partial charge in [0.2, 0.25) is 0 Å². The lowest BCUT2D eigenvalue weighted by atomic mass is 9.92. The van der Waals surface area contributed by atoms with E-state index in [1.807, 2.05) is 161 Å². The quantitative estimate of drug-likeness (QED) is 0.117. The normalized spacial score (nSPS) is 10.5. The van der Waals surface area contributed by atoms with E-state index >= 15 is 0 Å². The molecule has 0 bridgehead atoms. The number of benzene rings is 12. The molecule has 18 heteroatoms. The highest BCUT2D eigenvalue weighted by atomic mass is 15.1. The Balaban J connectivity index is 1.03. The summed E-state index contributed by atoms with van der Waals surface area (Å²) in [5.74, 6) is 0.992. The highest BCUT2D eigenvalue weighted by Crippen LogP contribution is 2.49. The van der Waals surface area contributed by atoms with Crippen molar-refractivity contribution >= 4 is 77.7 Å². The molecule has 478 valence electrons. The van der Waals surface area contributed by atoms with Crippen molar-refractivity contribution in [3.05, 3.63) is 326 Å². The largest absolute Gasteiger partial charge is 0.308 e. The number of nitrogens with zero attached hydrogens (tertiary/aromatic N) is 18. The van der Waals surface area contributed by atoms with Crippen LogP contribution in [-0.4, -0.2) is 24.1 Å². The Kier molecular flexibility index (Phi) is 16.1. The zero-order valence-electron chi connectivity index (χ0n) is 54.8. The van der Waals surface area contributed by atoms with Gasteiger partial charge in [0.05, 0.1) is 132 Å². The summed E-state index contributed by atoms with van der Waals surface area (Å²) in [6.45, 7) is 48.7. The van der Waals surface area contributed by atoms with Gasteiger partial charge in [-0.2, -0.15) is 36.8 Å². The lowest BCUT2D eigenvalue weighted by molar-refractivity contribution is 1.06. The minimum absolute atomic E-state index is 0.0717. The van der Waals surface area contributed by atoms with Crippen molar-refractivity contribution in [2.45, 2.75) is 0 Å². The highest BCUT2D eigenvalue weighted by molar-refractivity contribution is 6.15. The average Bonchev–Trinajstić information content (AvgIpc) is 1.59. The molecule has 0 unspecified atom stereocenters. The lowest BCUT2D eigenvalue weighted by Crippen LogP contribution is -2.04. The Morgan fingerprint density at radius 2 is 0.660 bits per heavy atom. The smallest absolute Gasteiger partial charge is 0.197 e. The van der Waals surface area contributed by atoms with Crippen LogP contribution in [-0.2, 0) is 0 Å². The van der Waals surface area contributed by atoms with Crippen molar-refractivity contribution in [3.8, 4) is 144 Å². The first-order valence-corrected chi connectivity index (χ1v) is 32.1. The van der Waals surface area contributed by atoms with E-state index in [9.17, 15) is 36.8 Å². The van der Waals surface area contributed by atoms with Crippen LogP contribution < -0.4 is 0 Å². The molecule has 3 aromatic heterocycles. The van der Waals surface area contributed by atoms with Crippen LogP contribution in [0.3, 0.4) is 0 Å². The second-order valence-electron chi connectivity index (χ2n) is 24.1. The van der Waals surface area contributed by atoms with Crippen LogP contribution in [0.25, 0.3) is 174 Å². The van der Waals surface area contributed by atoms with Gasteiger partial charge >= 0.3 is 0 Å². The first kappa shape index (κ1) is 64.6. The summed E-state index contributed by atoms with van der Waals surface area (Å²) < 4.78 is 3.95. The maximum Gasteiger partial charge on any atom is 0.197 e. The van der Waals surface area contributed by atoms with Crippen LogP contribution in [0.4, 0.5) is 34.1 Å². The molecule has 15 rings (SSSR count). The summed E-state index contributed by atoms with van der Waals surface area (Å²) in [7, 11) is 0. The number of rotatable bonds is 10. The van der Waals surface area contributed by atoms with E-state index in [4.69, 9.17) is 54.4 Å². The number of fused-ring (bicyclic) bond motifs is 6. The number of hydrogen-bond acceptors (Lipinski definition) is 10. The van der Waals surface area contributed by atoms with Gasteiger partial charge in [0.25, 0.3) is 0 Å². The summed E-state index contributed by atoms with van der Waals surface area (Å²) in [5.41, 5.74) is 10.6. The lowest BCUT2D eigenvalue weighted by Gasteiger charge is -2.18. The Labute approximate surface area is 604 Å². The third-order valence-electron chi connectivity index (χ3n) is 18.5. The number of hydrogen-bond donors (Lipinski definition) is 0. The molecular formula is C88H36N18. The van der Waals surface area contributed by atoms with Gasteiger partial charge in [0.1, 0.15) is 6.07 Å². The zero-order chi connectivity index (χ0) is 73.4. The van der Waals surface area contributed by atoms with Gasteiger partial charge in [-0.25, -0.2) is 44.0 Å². The van der Waals surface area contributed by atoms with Crippen molar-refractivity contribution in [3.63, 3.8) is 0 Å². The van der Waals surface area contributed by atoms with Gasteiger partial charge in [0, 0.05) is 77.2 Å². The van der Waals surface area contributed by atoms with Gasteiger partial charge in [-0.05, 0) is 143 Å². The van der Waals surface area contributed by atoms with E-state index in [1.165, 1.54) is 48.5 Å². The molecule has 0 aliphatic rings. The highest BCUT2D eigenvalue weighted by Gasteiger charge is 2.27. The fourth-order valence-corrected chi connectivity index (χ4v) is 13.9. The fraction of sp³-hybridized carbons (Fsp3) is 0. The van der Waals surface area contributed by atoms with Gasteiger partial charge < -0.3 is 9.13 Å². The van der Waals surface area contributed by atoms with E-state index in [0.717, 1.165) is 0 Å². The molecule has 0 spiro atoms. The van der Waals surface area contributed by atoms with Crippen LogP contribution in [0.1, 0.15) is 38.9 Å². The molecule has 0 aliphatic carbocycles. The van der Waals surface area contributed by atoms with Crippen molar-refractivity contribution in [1.29, 1.82) is 36.8 Å². The molecule has 0 saturated heterocycles. The minimum atomic E-state index is 0.0717. The monoisotopic (exact) mass is 1340 g/mol. The summed E-state index contributed by atoms with van der Waals surface area (Å²) in [6, 6.07) is 79.0. The zero-order valence-corrected chi connectivity index (χ0v) is 54.8. The third-order valence-corrected chi connectivity index (χ3v) is 18.5. The molecular weight excluding hydrogens is 1310 g/mol. The van der Waals surface area contributed by atoms with Crippen molar-refractivity contribution in [2.75, 3.05) is 0 Å². The van der Waals surface area contributed by atoms with Crippen LogP contribution in [0.2, 0.25) is 0 Å². The van der Waals surface area contributed by atoms with Gasteiger partial charge in [-0.3, -0.25) is 0 Å². The van der Waals surface area contributed by atoms with E-state index in [-0.39, 0.29) is 78.9 Å². The molecule has 0 saturated carbocycles. The van der Waals surface area contributed by atoms with Gasteiger partial charge in [-0.1, -0.05) is 109 Å². The number of aromatic nitrogens is 5. The second kappa shape index (κ2) is 26.5. The third kappa shape index (κ3) is 10.7. The molecule has 0 aliphatic heterocycles. The topological polar surface area (TPSA) is 241 Å². The van der Waals surface area contributed by atoms with Gasteiger partial charge in [0.15, 0.2) is 51.6 Å². The maximum absolute atomic E-state index is 11.9. The van der Waals surface area contributed by atoms with Crippen LogP contribution >= 0.6 is 0 Å².